The maximum absolute atomic E-state index is 9.15. The second-order valence-corrected chi connectivity index (χ2v) is 2.21. The number of hydrogen-bond donors (Lipinski definition) is 1. The molecule has 0 unspecified atom stereocenters. The Balaban J connectivity index is 4.95. The molecule has 0 fully saturated rings. The minimum absolute atomic E-state index is 0.0468. The van der Waals surface area contributed by atoms with E-state index in [9.17, 15) is 0 Å². The van der Waals surface area contributed by atoms with E-state index in [2.05, 4.69) is 19.7 Å². The molecular weight excluding hydrogens is 148 g/mol. The van der Waals surface area contributed by atoms with Gasteiger partial charge >= 0.3 is 0 Å². The van der Waals surface area contributed by atoms with E-state index in [1.54, 1.807) is 24.3 Å². The third-order valence-electron chi connectivity index (χ3n) is 1.43. The molecule has 0 aromatic heterocycles. The van der Waals surface area contributed by atoms with E-state index in [1.807, 2.05) is 6.92 Å². The third-order valence-corrected chi connectivity index (χ3v) is 1.43. The van der Waals surface area contributed by atoms with Crippen LogP contribution in [0, 0.1) is 0 Å². The molecule has 0 aliphatic rings. The summed E-state index contributed by atoms with van der Waals surface area (Å²) in [6.07, 6.45) is 6.84. The lowest BCUT2D eigenvalue weighted by Crippen LogP contribution is -1.89. The molecule has 0 atom stereocenters. The quantitative estimate of drug-likeness (QED) is 0.496. The zero-order valence-corrected chi connectivity index (χ0v) is 7.38. The smallest absolute Gasteiger partial charge is 0.115 e. The van der Waals surface area contributed by atoms with Gasteiger partial charge in [0.25, 0.3) is 0 Å². The van der Waals surface area contributed by atoms with Crippen LogP contribution >= 0.6 is 0 Å². The summed E-state index contributed by atoms with van der Waals surface area (Å²) >= 11 is 0. The molecule has 0 bridgehead atoms. The Morgan fingerprint density at radius 2 is 1.92 bits per heavy atom. The van der Waals surface area contributed by atoms with Crippen LogP contribution in [0.15, 0.2) is 60.9 Å². The molecule has 1 N–H and O–H groups in total. The van der Waals surface area contributed by atoms with E-state index in [0.29, 0.717) is 5.57 Å². The molecule has 0 aromatic carbocycles. The van der Waals surface area contributed by atoms with Crippen LogP contribution in [0.4, 0.5) is 0 Å². The molecule has 0 heterocycles. The third kappa shape index (κ3) is 2.62. The van der Waals surface area contributed by atoms with Gasteiger partial charge in [0.05, 0.1) is 0 Å². The Labute approximate surface area is 73.7 Å². The second kappa shape index (κ2) is 5.19. The summed E-state index contributed by atoms with van der Waals surface area (Å²) in [6.45, 7) is 12.5. The van der Waals surface area contributed by atoms with Crippen LogP contribution in [-0.2, 0) is 0 Å². The van der Waals surface area contributed by atoms with Crippen molar-refractivity contribution in [1.82, 2.24) is 0 Å². The van der Waals surface area contributed by atoms with Gasteiger partial charge in [-0.3, -0.25) is 0 Å². The molecule has 0 aliphatic heterocycles. The molecule has 0 aliphatic carbocycles. The molecule has 0 rings (SSSR count). The van der Waals surface area contributed by atoms with Gasteiger partial charge in [-0.05, 0) is 12.5 Å². The van der Waals surface area contributed by atoms with Crippen LogP contribution in [0.1, 0.15) is 6.92 Å². The van der Waals surface area contributed by atoms with Crippen molar-refractivity contribution < 1.29 is 5.11 Å². The number of aliphatic hydroxyl groups is 1. The Hall–Kier alpha value is -1.50. The first-order chi connectivity index (χ1) is 5.67. The molecular formula is C11H14O. The molecule has 0 radical (unpaired) electrons. The zero-order valence-electron chi connectivity index (χ0n) is 7.38. The van der Waals surface area contributed by atoms with E-state index in [4.69, 9.17) is 5.11 Å². The van der Waals surface area contributed by atoms with Gasteiger partial charge in [-0.15, -0.1) is 0 Å². The van der Waals surface area contributed by atoms with Crippen molar-refractivity contribution in [2.45, 2.75) is 6.92 Å². The van der Waals surface area contributed by atoms with Crippen molar-refractivity contribution in [3.05, 3.63) is 60.9 Å². The minimum atomic E-state index is 0.0468. The number of rotatable bonds is 4. The Kier molecular flexibility index (Phi) is 4.54. The summed E-state index contributed by atoms with van der Waals surface area (Å²) in [7, 11) is 0. The summed E-state index contributed by atoms with van der Waals surface area (Å²) in [6, 6.07) is 0. The van der Waals surface area contributed by atoms with Crippen molar-refractivity contribution in [3.8, 4) is 0 Å². The first-order valence-corrected chi connectivity index (χ1v) is 3.67. The fourth-order valence-corrected chi connectivity index (χ4v) is 0.895. The second-order valence-electron chi connectivity index (χ2n) is 2.21. The average Bonchev–Trinajstić information content (AvgIpc) is 2.03. The number of hydrogen-bond acceptors (Lipinski definition) is 1. The Bertz CT molecular complexity index is 254. The van der Waals surface area contributed by atoms with Crippen molar-refractivity contribution in [2.75, 3.05) is 0 Å². The summed E-state index contributed by atoms with van der Waals surface area (Å²) in [4.78, 5) is 0. The van der Waals surface area contributed by atoms with Crippen molar-refractivity contribution in [1.29, 1.82) is 0 Å². The van der Waals surface area contributed by atoms with Gasteiger partial charge in [0.2, 0.25) is 0 Å². The van der Waals surface area contributed by atoms with Crippen LogP contribution in [0.25, 0.3) is 0 Å². The van der Waals surface area contributed by atoms with E-state index >= 15 is 0 Å². The van der Waals surface area contributed by atoms with Gasteiger partial charge in [0.1, 0.15) is 5.76 Å². The highest BCUT2D eigenvalue weighted by Crippen LogP contribution is 2.16. The minimum Gasteiger partial charge on any atom is -0.508 e. The highest BCUT2D eigenvalue weighted by molar-refractivity contribution is 5.48. The SMILES string of the molecule is C=C/C=C(C=C)\C(=C/C)C(=C)O. The summed E-state index contributed by atoms with van der Waals surface area (Å²) in [5, 5.41) is 9.15. The van der Waals surface area contributed by atoms with E-state index < -0.39 is 0 Å². The van der Waals surface area contributed by atoms with Gasteiger partial charge in [-0.1, -0.05) is 44.0 Å². The standard InChI is InChI=1S/C11H14O/c1-5-8-10(6-2)11(7-3)9(4)12/h5-8,12H,1-2,4H2,3H3/b10-8-,11-7-. The monoisotopic (exact) mass is 162 g/mol. The van der Waals surface area contributed by atoms with Crippen LogP contribution in [0.2, 0.25) is 0 Å². The average molecular weight is 162 g/mol. The normalized spacial score (nSPS) is 12.4. The maximum Gasteiger partial charge on any atom is 0.115 e. The lowest BCUT2D eigenvalue weighted by molar-refractivity contribution is 0.428. The van der Waals surface area contributed by atoms with E-state index in [1.165, 1.54) is 0 Å². The molecule has 12 heavy (non-hydrogen) atoms. The summed E-state index contributed by atoms with van der Waals surface area (Å²) in [5.41, 5.74) is 1.50. The largest absolute Gasteiger partial charge is 0.508 e. The molecule has 1 heteroatoms. The van der Waals surface area contributed by atoms with Gasteiger partial charge in [0.15, 0.2) is 0 Å². The first kappa shape index (κ1) is 10.5. The zero-order chi connectivity index (χ0) is 9.56. The highest BCUT2D eigenvalue weighted by atomic mass is 16.3. The lowest BCUT2D eigenvalue weighted by Gasteiger charge is -2.04. The molecule has 64 valence electrons. The van der Waals surface area contributed by atoms with Gasteiger partial charge < -0.3 is 5.11 Å². The van der Waals surface area contributed by atoms with Crippen molar-refractivity contribution in [3.63, 3.8) is 0 Å². The van der Waals surface area contributed by atoms with Crippen molar-refractivity contribution in [2.24, 2.45) is 0 Å². The van der Waals surface area contributed by atoms with Crippen LogP contribution < -0.4 is 0 Å². The number of allylic oxidation sites excluding steroid dienone is 5. The van der Waals surface area contributed by atoms with Crippen LogP contribution in [-0.4, -0.2) is 5.11 Å². The molecule has 0 amide bonds. The fourth-order valence-electron chi connectivity index (χ4n) is 0.895. The number of aliphatic hydroxyl groups excluding tert-OH is 1. The predicted molar refractivity (Wildman–Crippen MR) is 54.0 cm³/mol. The first-order valence-electron chi connectivity index (χ1n) is 3.67. The molecule has 0 saturated carbocycles. The molecule has 0 spiro atoms. The molecule has 1 nitrogen and oxygen atoms in total. The summed E-state index contributed by atoms with van der Waals surface area (Å²) < 4.78 is 0. The summed E-state index contributed by atoms with van der Waals surface area (Å²) in [5.74, 6) is 0.0468. The Morgan fingerprint density at radius 1 is 1.33 bits per heavy atom. The topological polar surface area (TPSA) is 20.2 Å². The highest BCUT2D eigenvalue weighted by Gasteiger charge is 2.01. The van der Waals surface area contributed by atoms with Crippen molar-refractivity contribution >= 4 is 0 Å². The maximum atomic E-state index is 9.15. The van der Waals surface area contributed by atoms with E-state index in [0.717, 1.165) is 5.57 Å². The van der Waals surface area contributed by atoms with Gasteiger partial charge in [-0.2, -0.15) is 0 Å². The fraction of sp³-hybridized carbons (Fsp3) is 0.0909. The van der Waals surface area contributed by atoms with Gasteiger partial charge in [-0.25, -0.2) is 0 Å². The Morgan fingerprint density at radius 3 is 2.17 bits per heavy atom. The van der Waals surface area contributed by atoms with Crippen LogP contribution in [0.3, 0.4) is 0 Å². The molecule has 0 aromatic rings. The van der Waals surface area contributed by atoms with E-state index in [-0.39, 0.29) is 5.76 Å². The van der Waals surface area contributed by atoms with Crippen LogP contribution in [0.5, 0.6) is 0 Å². The lowest BCUT2D eigenvalue weighted by atomic mass is 10.0. The van der Waals surface area contributed by atoms with Gasteiger partial charge in [0, 0.05) is 5.57 Å². The predicted octanol–water partition coefficient (Wildman–Crippen LogP) is 3.30. The molecule has 0 saturated heterocycles.